The molecule has 1 aromatic heterocycles. The highest BCUT2D eigenvalue weighted by atomic mass is 19.1. The van der Waals surface area contributed by atoms with E-state index in [1.807, 2.05) is 13.8 Å². The van der Waals surface area contributed by atoms with Crippen molar-refractivity contribution in [1.82, 2.24) is 4.98 Å². The van der Waals surface area contributed by atoms with Crippen LogP contribution in [0.1, 0.15) is 49.9 Å². The molecule has 0 unspecified atom stereocenters. The number of ether oxygens (including phenoxy) is 1. The average molecular weight is 324 g/mol. The van der Waals surface area contributed by atoms with Crippen molar-refractivity contribution in [3.05, 3.63) is 17.4 Å². The van der Waals surface area contributed by atoms with Gasteiger partial charge in [0.1, 0.15) is 5.56 Å². The lowest BCUT2D eigenvalue weighted by molar-refractivity contribution is 0.0994. The summed E-state index contributed by atoms with van der Waals surface area (Å²) in [6.07, 6.45) is 3.52. The van der Waals surface area contributed by atoms with Crippen LogP contribution in [-0.4, -0.2) is 29.6 Å². The smallest absolute Gasteiger partial charge is 0.254 e. The second kappa shape index (κ2) is 7.59. The van der Waals surface area contributed by atoms with Gasteiger partial charge in [0.15, 0.2) is 11.6 Å². The number of halogens is 1. The van der Waals surface area contributed by atoms with Crippen molar-refractivity contribution in [2.75, 3.05) is 11.9 Å². The van der Waals surface area contributed by atoms with E-state index >= 15 is 0 Å². The molecule has 0 atom stereocenters. The van der Waals surface area contributed by atoms with Crippen LogP contribution < -0.4 is 21.5 Å². The van der Waals surface area contributed by atoms with Gasteiger partial charge in [0.05, 0.1) is 6.61 Å². The minimum atomic E-state index is -0.759. The number of nitrogens with two attached hydrogens (primary N) is 2. The van der Waals surface area contributed by atoms with E-state index in [0.717, 1.165) is 31.7 Å². The normalized spacial score (nSPS) is 21.3. The van der Waals surface area contributed by atoms with Gasteiger partial charge in [0.2, 0.25) is 5.88 Å². The maximum atomic E-state index is 14.2. The minimum absolute atomic E-state index is 0.0423. The Kier molecular flexibility index (Phi) is 5.76. The molecule has 0 radical (unpaired) electrons. The summed E-state index contributed by atoms with van der Waals surface area (Å²) in [5, 5.41) is 3.09. The van der Waals surface area contributed by atoms with Gasteiger partial charge < -0.3 is 21.5 Å². The van der Waals surface area contributed by atoms with Crippen molar-refractivity contribution in [3.8, 4) is 5.88 Å². The van der Waals surface area contributed by atoms with Crippen LogP contribution in [0.25, 0.3) is 0 Å². The molecule has 1 amide bonds. The van der Waals surface area contributed by atoms with Crippen LogP contribution in [0.3, 0.4) is 0 Å². The van der Waals surface area contributed by atoms with E-state index < -0.39 is 11.7 Å². The van der Waals surface area contributed by atoms with Crippen LogP contribution >= 0.6 is 0 Å². The molecular formula is C16H25FN4O2. The van der Waals surface area contributed by atoms with Crippen LogP contribution in [0.4, 0.5) is 10.2 Å². The summed E-state index contributed by atoms with van der Waals surface area (Å²) < 4.78 is 19.7. The lowest BCUT2D eigenvalue weighted by atomic mass is 9.92. The zero-order valence-electron chi connectivity index (χ0n) is 13.6. The third kappa shape index (κ3) is 4.79. The number of aromatic nitrogens is 1. The fraction of sp³-hybridized carbons (Fsp3) is 0.625. The number of hydrogen-bond donors (Lipinski definition) is 3. The van der Waals surface area contributed by atoms with Crippen molar-refractivity contribution in [2.24, 2.45) is 17.4 Å². The first-order chi connectivity index (χ1) is 10.9. The van der Waals surface area contributed by atoms with Gasteiger partial charge >= 0.3 is 0 Å². The first-order valence-electron chi connectivity index (χ1n) is 8.02. The molecule has 1 aliphatic carbocycles. The summed E-state index contributed by atoms with van der Waals surface area (Å²) >= 11 is 0. The predicted molar refractivity (Wildman–Crippen MR) is 86.9 cm³/mol. The zero-order valence-corrected chi connectivity index (χ0v) is 13.6. The number of nitrogens with zero attached hydrogens (tertiary/aromatic N) is 1. The Labute approximate surface area is 135 Å². The first kappa shape index (κ1) is 17.5. The van der Waals surface area contributed by atoms with E-state index in [2.05, 4.69) is 10.3 Å². The van der Waals surface area contributed by atoms with Crippen LogP contribution in [0, 0.1) is 11.7 Å². The summed E-state index contributed by atoms with van der Waals surface area (Å²) in [7, 11) is 0. The Bertz CT molecular complexity index is 557. The lowest BCUT2D eigenvalue weighted by Gasteiger charge is -2.27. The van der Waals surface area contributed by atoms with Crippen molar-refractivity contribution >= 4 is 11.7 Å². The number of anilines is 1. The van der Waals surface area contributed by atoms with Gasteiger partial charge in [-0.1, -0.05) is 13.8 Å². The second-order valence-electron chi connectivity index (χ2n) is 6.50. The van der Waals surface area contributed by atoms with Crippen molar-refractivity contribution < 1.29 is 13.9 Å². The average Bonchev–Trinajstić information content (AvgIpc) is 2.49. The van der Waals surface area contributed by atoms with E-state index in [9.17, 15) is 9.18 Å². The summed E-state index contributed by atoms with van der Waals surface area (Å²) in [5.41, 5.74) is 11.1. The minimum Gasteiger partial charge on any atom is -0.477 e. The topological polar surface area (TPSA) is 103 Å². The van der Waals surface area contributed by atoms with Gasteiger partial charge in [0.25, 0.3) is 5.91 Å². The predicted octanol–water partition coefficient (Wildman–Crippen LogP) is 2.04. The van der Waals surface area contributed by atoms with Gasteiger partial charge in [-0.3, -0.25) is 4.79 Å². The molecule has 23 heavy (non-hydrogen) atoms. The number of nitrogens with one attached hydrogen (secondary N) is 1. The Balaban J connectivity index is 2.18. The highest BCUT2D eigenvalue weighted by Gasteiger charge is 2.22. The molecule has 0 bridgehead atoms. The van der Waals surface area contributed by atoms with Crippen LogP contribution in [0.15, 0.2) is 6.07 Å². The molecule has 1 saturated carbocycles. The molecule has 6 nitrogen and oxygen atoms in total. The number of carbonyl (C=O) groups is 1. The SMILES string of the molecule is CC(C)COc1nc(NC2CCC(N)CC2)c(F)cc1C(N)=O. The number of hydrogen-bond acceptors (Lipinski definition) is 5. The summed E-state index contributed by atoms with van der Waals surface area (Å²) in [5.74, 6) is -0.952. The molecule has 0 aromatic carbocycles. The number of rotatable bonds is 6. The quantitative estimate of drug-likeness (QED) is 0.743. The standard InChI is InChI=1S/C16H25FN4O2/c1-9(2)8-23-16-12(14(19)22)7-13(17)15(21-16)20-11-5-3-10(18)4-6-11/h7,9-11H,3-6,8,18H2,1-2H3,(H2,19,22)(H,20,21). The molecule has 7 heteroatoms. The van der Waals surface area contributed by atoms with E-state index in [1.54, 1.807) is 0 Å². The molecule has 1 heterocycles. The molecule has 5 N–H and O–H groups in total. The fourth-order valence-electron chi connectivity index (χ4n) is 2.56. The fourth-order valence-corrected chi connectivity index (χ4v) is 2.56. The van der Waals surface area contributed by atoms with Crippen LogP contribution in [0.2, 0.25) is 0 Å². The third-order valence-corrected chi connectivity index (χ3v) is 3.87. The number of amides is 1. The van der Waals surface area contributed by atoms with Crippen LogP contribution in [0.5, 0.6) is 5.88 Å². The van der Waals surface area contributed by atoms with E-state index in [4.69, 9.17) is 16.2 Å². The summed E-state index contributed by atoms with van der Waals surface area (Å²) in [4.78, 5) is 15.6. The molecule has 0 saturated heterocycles. The summed E-state index contributed by atoms with van der Waals surface area (Å²) in [6.45, 7) is 4.31. The van der Waals surface area contributed by atoms with Crippen LogP contribution in [-0.2, 0) is 0 Å². The molecule has 1 aromatic rings. The number of carbonyl (C=O) groups excluding carboxylic acids is 1. The molecule has 2 rings (SSSR count). The molecule has 0 spiro atoms. The van der Waals surface area contributed by atoms with Crippen molar-refractivity contribution in [3.63, 3.8) is 0 Å². The van der Waals surface area contributed by atoms with Gasteiger partial charge in [-0.25, -0.2) is 4.39 Å². The highest BCUT2D eigenvalue weighted by Crippen LogP contribution is 2.26. The van der Waals surface area contributed by atoms with Gasteiger partial charge in [-0.2, -0.15) is 4.98 Å². The molecule has 128 valence electrons. The van der Waals surface area contributed by atoms with E-state index in [-0.39, 0.29) is 35.3 Å². The maximum Gasteiger partial charge on any atom is 0.254 e. The van der Waals surface area contributed by atoms with Crippen molar-refractivity contribution in [1.29, 1.82) is 0 Å². The maximum absolute atomic E-state index is 14.2. The Hall–Kier alpha value is -1.89. The first-order valence-corrected chi connectivity index (χ1v) is 8.02. The lowest BCUT2D eigenvalue weighted by Crippen LogP contribution is -2.33. The third-order valence-electron chi connectivity index (χ3n) is 3.87. The van der Waals surface area contributed by atoms with Gasteiger partial charge in [-0.15, -0.1) is 0 Å². The molecular weight excluding hydrogens is 299 g/mol. The van der Waals surface area contributed by atoms with Crippen molar-refractivity contribution in [2.45, 2.75) is 51.6 Å². The second-order valence-corrected chi connectivity index (χ2v) is 6.50. The largest absolute Gasteiger partial charge is 0.477 e. The number of pyridine rings is 1. The number of primary amides is 1. The Morgan fingerprint density at radius 3 is 2.65 bits per heavy atom. The molecule has 1 aliphatic rings. The molecule has 1 fully saturated rings. The monoisotopic (exact) mass is 324 g/mol. The zero-order chi connectivity index (χ0) is 17.0. The van der Waals surface area contributed by atoms with Gasteiger partial charge in [-0.05, 0) is 37.7 Å². The Morgan fingerprint density at radius 1 is 1.43 bits per heavy atom. The van der Waals surface area contributed by atoms with Gasteiger partial charge in [0, 0.05) is 12.1 Å². The van der Waals surface area contributed by atoms with E-state index in [0.29, 0.717) is 6.61 Å². The summed E-state index contributed by atoms with van der Waals surface area (Å²) in [6, 6.07) is 1.42. The highest BCUT2D eigenvalue weighted by molar-refractivity contribution is 5.95. The van der Waals surface area contributed by atoms with E-state index in [1.165, 1.54) is 0 Å². The Morgan fingerprint density at radius 2 is 2.09 bits per heavy atom. The molecule has 0 aliphatic heterocycles.